The van der Waals surface area contributed by atoms with Gasteiger partial charge in [0.15, 0.2) is 0 Å². The van der Waals surface area contributed by atoms with E-state index in [9.17, 15) is 0 Å². The Morgan fingerprint density at radius 1 is 1.29 bits per heavy atom. The molecule has 0 bridgehead atoms. The molecule has 1 radical (unpaired) electrons. The fraction of sp³-hybridized carbons (Fsp3) is 0.786. The zero-order valence-electron chi connectivity index (χ0n) is 11.3. The van der Waals surface area contributed by atoms with Crippen molar-refractivity contribution < 1.29 is 32.7 Å². The average Bonchev–Trinajstić information content (AvgIpc) is 2.77. The largest absolute Gasteiger partial charge is 0.529 e. The second-order valence-electron chi connectivity index (χ2n) is 4.69. The van der Waals surface area contributed by atoms with Gasteiger partial charge in [-0.2, -0.15) is 19.0 Å². The van der Waals surface area contributed by atoms with Crippen molar-refractivity contribution in [2.45, 2.75) is 45.4 Å². The number of hydrogen-bond acceptors (Lipinski definition) is 2. The molecular formula is C14H26NSY-. The minimum atomic E-state index is 0. The van der Waals surface area contributed by atoms with Crippen molar-refractivity contribution in [2.24, 2.45) is 11.8 Å². The second-order valence-corrected chi connectivity index (χ2v) is 4.69. The van der Waals surface area contributed by atoms with Gasteiger partial charge in [0, 0.05) is 32.7 Å². The molecular weight excluding hydrogens is 303 g/mol. The van der Waals surface area contributed by atoms with Crippen molar-refractivity contribution in [3.05, 3.63) is 18.8 Å². The van der Waals surface area contributed by atoms with E-state index < -0.39 is 0 Å². The number of nitrogens with zero attached hydrogens (tertiary/aromatic N) is 1. The molecule has 2 saturated carbocycles. The molecule has 2 atom stereocenters. The van der Waals surface area contributed by atoms with Crippen LogP contribution in [0.15, 0.2) is 12.3 Å². The van der Waals surface area contributed by atoms with E-state index in [4.69, 9.17) is 0 Å². The van der Waals surface area contributed by atoms with Crippen LogP contribution in [0.5, 0.6) is 0 Å². The van der Waals surface area contributed by atoms with E-state index in [-0.39, 0.29) is 32.7 Å². The number of likely N-dealkylation sites (tertiary alicyclic amines) is 1. The summed E-state index contributed by atoms with van der Waals surface area (Å²) in [5.41, 5.74) is 0. The number of thiol groups is 1. The Balaban J connectivity index is 0.000000271. The van der Waals surface area contributed by atoms with Gasteiger partial charge in [-0.05, 0) is 56.5 Å². The summed E-state index contributed by atoms with van der Waals surface area (Å²) in [6.45, 7) is 5.63. The van der Waals surface area contributed by atoms with Crippen LogP contribution in [0.2, 0.25) is 0 Å². The standard InChI is InChI=1S/C8H14N.C5H8.CH4S.Y/c1-2-3-6-9-7-4-5-8-9;1-2-5-3-4(1)5;1-2;/h3,6-7H,2,4-5,8H2,1H3;4-5H,1-3H2;2H,1H3;/q-1;;;. The van der Waals surface area contributed by atoms with Crippen molar-refractivity contribution in [3.8, 4) is 0 Å². The first kappa shape index (κ1) is 18.0. The topological polar surface area (TPSA) is 3.24 Å². The van der Waals surface area contributed by atoms with Gasteiger partial charge in [-0.1, -0.05) is 19.4 Å². The van der Waals surface area contributed by atoms with Crippen molar-refractivity contribution in [1.82, 2.24) is 4.90 Å². The molecule has 0 spiro atoms. The van der Waals surface area contributed by atoms with Crippen LogP contribution >= 0.6 is 12.6 Å². The van der Waals surface area contributed by atoms with Crippen molar-refractivity contribution in [3.63, 3.8) is 0 Å². The van der Waals surface area contributed by atoms with Gasteiger partial charge in [0.25, 0.3) is 0 Å². The molecule has 1 nitrogen and oxygen atoms in total. The molecule has 0 aromatic carbocycles. The van der Waals surface area contributed by atoms with E-state index in [1.807, 2.05) is 0 Å². The Labute approximate surface area is 138 Å². The molecule has 0 amide bonds. The van der Waals surface area contributed by atoms with E-state index in [2.05, 4.69) is 43.3 Å². The molecule has 1 saturated heterocycles. The van der Waals surface area contributed by atoms with Crippen LogP contribution in [0.4, 0.5) is 0 Å². The molecule has 17 heavy (non-hydrogen) atoms. The van der Waals surface area contributed by atoms with Gasteiger partial charge in [-0.15, -0.1) is 0 Å². The Bertz CT molecular complexity index is 190. The number of fused-ring (bicyclic) bond motifs is 1. The summed E-state index contributed by atoms with van der Waals surface area (Å²) in [7, 11) is 0. The summed E-state index contributed by atoms with van der Waals surface area (Å²) >= 11 is 3.53. The van der Waals surface area contributed by atoms with Crippen LogP contribution in [0.25, 0.3) is 0 Å². The molecule has 1 aliphatic heterocycles. The molecule has 2 aliphatic carbocycles. The van der Waals surface area contributed by atoms with E-state index in [0.717, 1.165) is 6.42 Å². The van der Waals surface area contributed by atoms with Crippen molar-refractivity contribution in [1.29, 1.82) is 0 Å². The smallest absolute Gasteiger partial charge is 0 e. The Hall–Kier alpha value is 0.994. The molecule has 2 unspecified atom stereocenters. The summed E-state index contributed by atoms with van der Waals surface area (Å²) in [6, 6.07) is 0. The fourth-order valence-corrected chi connectivity index (χ4v) is 2.18. The van der Waals surface area contributed by atoms with Crippen LogP contribution in [0.3, 0.4) is 0 Å². The molecule has 3 heteroatoms. The van der Waals surface area contributed by atoms with Crippen molar-refractivity contribution in [2.75, 3.05) is 12.8 Å². The third kappa shape index (κ3) is 7.23. The molecule has 3 fully saturated rings. The maximum atomic E-state index is 3.53. The maximum Gasteiger partial charge on any atom is 0 e. The summed E-state index contributed by atoms with van der Waals surface area (Å²) in [5, 5.41) is 0. The quantitative estimate of drug-likeness (QED) is 0.589. The third-order valence-electron chi connectivity index (χ3n) is 3.49. The van der Waals surface area contributed by atoms with Crippen LogP contribution in [-0.2, 0) is 32.7 Å². The predicted molar refractivity (Wildman–Crippen MR) is 75.4 cm³/mol. The van der Waals surface area contributed by atoms with Gasteiger partial charge in [0.2, 0.25) is 0 Å². The van der Waals surface area contributed by atoms with E-state index in [0.29, 0.717) is 0 Å². The number of allylic oxidation sites excluding steroid dienone is 1. The monoisotopic (exact) mass is 329 g/mol. The molecule has 3 aliphatic rings. The first-order chi connectivity index (χ1) is 7.90. The van der Waals surface area contributed by atoms with Gasteiger partial charge < -0.3 is 4.90 Å². The summed E-state index contributed by atoms with van der Waals surface area (Å²) in [4.78, 5) is 2.27. The molecule has 0 aromatic rings. The van der Waals surface area contributed by atoms with Gasteiger partial charge in [0.05, 0.1) is 0 Å². The molecule has 0 N–H and O–H groups in total. The maximum absolute atomic E-state index is 3.53. The van der Waals surface area contributed by atoms with Crippen LogP contribution < -0.4 is 0 Å². The molecule has 97 valence electrons. The zero-order valence-corrected chi connectivity index (χ0v) is 15.0. The molecule has 1 heterocycles. The van der Waals surface area contributed by atoms with E-state index in [1.165, 1.54) is 31.2 Å². The van der Waals surface area contributed by atoms with Crippen molar-refractivity contribution >= 4 is 12.6 Å². The van der Waals surface area contributed by atoms with Crippen LogP contribution in [0.1, 0.15) is 45.4 Å². The van der Waals surface area contributed by atoms with Gasteiger partial charge >= 0.3 is 0 Å². The Morgan fingerprint density at radius 2 is 1.94 bits per heavy atom. The average molecular weight is 329 g/mol. The van der Waals surface area contributed by atoms with E-state index in [1.54, 1.807) is 25.5 Å². The van der Waals surface area contributed by atoms with Gasteiger partial charge in [-0.25, -0.2) is 6.54 Å². The van der Waals surface area contributed by atoms with E-state index >= 15 is 0 Å². The summed E-state index contributed by atoms with van der Waals surface area (Å²) in [5.74, 6) is 2.46. The molecule has 3 rings (SSSR count). The first-order valence-electron chi connectivity index (χ1n) is 6.60. The third-order valence-corrected chi connectivity index (χ3v) is 3.49. The fourth-order valence-electron chi connectivity index (χ4n) is 2.18. The Morgan fingerprint density at radius 3 is 2.24 bits per heavy atom. The SMILES string of the molecule is C1CC2CC12.CCC=CN1[CH-]CCC1.CS.[Y]. The summed E-state index contributed by atoms with van der Waals surface area (Å²) < 4.78 is 0. The normalized spacial score (nSPS) is 27.8. The predicted octanol–water partition coefficient (Wildman–Crippen LogP) is 4.13. The number of rotatable bonds is 2. The van der Waals surface area contributed by atoms with Gasteiger partial charge in [0.1, 0.15) is 0 Å². The minimum Gasteiger partial charge on any atom is -0.529 e. The second kappa shape index (κ2) is 10.9. The van der Waals surface area contributed by atoms with Gasteiger partial charge in [-0.3, -0.25) is 0 Å². The number of hydrogen-bond donors (Lipinski definition) is 1. The Kier molecular flexibility index (Phi) is 11.5. The summed E-state index contributed by atoms with van der Waals surface area (Å²) in [6.07, 6.45) is 14.5. The first-order valence-corrected chi connectivity index (χ1v) is 7.50. The van der Waals surface area contributed by atoms with Crippen LogP contribution in [0, 0.1) is 18.4 Å². The minimum absolute atomic E-state index is 0. The molecule has 0 aromatic heterocycles. The zero-order chi connectivity index (χ0) is 11.8. The van der Waals surface area contributed by atoms with Crippen LogP contribution in [-0.4, -0.2) is 17.7 Å².